The van der Waals surface area contributed by atoms with Gasteiger partial charge in [0.15, 0.2) is 0 Å². The fraction of sp³-hybridized carbons (Fsp3) is 0.400. The van der Waals surface area contributed by atoms with E-state index < -0.39 is 17.2 Å². The van der Waals surface area contributed by atoms with Crippen molar-refractivity contribution in [2.24, 2.45) is 0 Å². The quantitative estimate of drug-likeness (QED) is 0.489. The Balaban J connectivity index is 2.06. The van der Waals surface area contributed by atoms with Gasteiger partial charge in [0, 0.05) is 25.2 Å². The molecule has 18 heavy (non-hydrogen) atoms. The average Bonchev–Trinajstić information content (AvgIpc) is 2.32. The van der Waals surface area contributed by atoms with E-state index in [1.807, 2.05) is 4.98 Å². The van der Waals surface area contributed by atoms with E-state index in [1.54, 1.807) is 0 Å². The smallest absolute Gasteiger partial charge is 0.325 e. The normalized spacial score (nSPS) is 19.1. The van der Waals surface area contributed by atoms with Gasteiger partial charge in [0.05, 0.1) is 0 Å². The zero-order valence-corrected chi connectivity index (χ0v) is 9.41. The van der Waals surface area contributed by atoms with Crippen LogP contribution < -0.4 is 21.9 Å². The minimum atomic E-state index is -0.740. The monoisotopic (exact) mass is 252 g/mol. The molecule has 1 aliphatic heterocycles. The summed E-state index contributed by atoms with van der Waals surface area (Å²) in [4.78, 5) is 49.1. The van der Waals surface area contributed by atoms with Crippen molar-refractivity contribution >= 4 is 11.8 Å². The highest BCUT2D eigenvalue weighted by atomic mass is 16.2. The maximum Gasteiger partial charge on any atom is 0.325 e. The summed E-state index contributed by atoms with van der Waals surface area (Å²) in [5.74, 6) is -0.629. The summed E-state index contributed by atoms with van der Waals surface area (Å²) in [5, 5.41) is 5.24. The van der Waals surface area contributed by atoms with E-state index in [0.29, 0.717) is 19.4 Å². The number of aromatic amines is 2. The number of rotatable bonds is 2. The lowest BCUT2D eigenvalue weighted by molar-refractivity contribution is -0.122. The molecule has 8 heteroatoms. The van der Waals surface area contributed by atoms with Gasteiger partial charge >= 0.3 is 5.69 Å². The third-order valence-corrected chi connectivity index (χ3v) is 2.66. The van der Waals surface area contributed by atoms with Crippen LogP contribution in [0.1, 0.15) is 23.2 Å². The van der Waals surface area contributed by atoms with Crippen LogP contribution in [-0.2, 0) is 4.79 Å². The highest BCUT2D eigenvalue weighted by Gasteiger charge is 2.21. The molecule has 0 saturated carbocycles. The van der Waals surface area contributed by atoms with Crippen molar-refractivity contribution in [2.45, 2.75) is 18.9 Å². The molecule has 2 rings (SSSR count). The molecule has 1 aliphatic rings. The van der Waals surface area contributed by atoms with Crippen LogP contribution in [0.15, 0.2) is 15.8 Å². The SMILES string of the molecule is O=C1CCC(NC(=O)c2c[nH]c(=O)[nH]c2=O)CN1. The van der Waals surface area contributed by atoms with E-state index in [2.05, 4.69) is 15.6 Å². The maximum atomic E-state index is 11.8. The molecular formula is C10H12N4O4. The number of hydrogen-bond donors (Lipinski definition) is 4. The zero-order valence-electron chi connectivity index (χ0n) is 9.41. The van der Waals surface area contributed by atoms with Gasteiger partial charge in [0.1, 0.15) is 5.56 Å². The third kappa shape index (κ3) is 2.65. The highest BCUT2D eigenvalue weighted by Crippen LogP contribution is 2.03. The molecule has 1 atom stereocenters. The fourth-order valence-electron chi connectivity index (χ4n) is 1.70. The summed E-state index contributed by atoms with van der Waals surface area (Å²) in [6.45, 7) is 0.339. The van der Waals surface area contributed by atoms with Gasteiger partial charge in [-0.2, -0.15) is 0 Å². The summed E-state index contributed by atoms with van der Waals surface area (Å²) in [7, 11) is 0. The first kappa shape index (κ1) is 12.1. The van der Waals surface area contributed by atoms with Gasteiger partial charge < -0.3 is 15.6 Å². The number of amides is 2. The van der Waals surface area contributed by atoms with E-state index in [-0.39, 0.29) is 17.5 Å². The number of carbonyl (C=O) groups excluding carboxylic acids is 2. The van der Waals surface area contributed by atoms with Crippen LogP contribution in [0.3, 0.4) is 0 Å². The fourth-order valence-corrected chi connectivity index (χ4v) is 1.70. The minimum Gasteiger partial charge on any atom is -0.354 e. The summed E-state index contributed by atoms with van der Waals surface area (Å²) in [6, 6.07) is -0.207. The van der Waals surface area contributed by atoms with Gasteiger partial charge in [-0.05, 0) is 6.42 Å². The predicted octanol–water partition coefficient (Wildman–Crippen LogP) is -1.93. The number of aromatic nitrogens is 2. The van der Waals surface area contributed by atoms with E-state index in [0.717, 1.165) is 6.20 Å². The van der Waals surface area contributed by atoms with Crippen molar-refractivity contribution in [3.8, 4) is 0 Å². The average molecular weight is 252 g/mol. The van der Waals surface area contributed by atoms with E-state index in [4.69, 9.17) is 0 Å². The molecule has 0 radical (unpaired) electrons. The van der Waals surface area contributed by atoms with Crippen molar-refractivity contribution < 1.29 is 9.59 Å². The van der Waals surface area contributed by atoms with E-state index >= 15 is 0 Å². The van der Waals surface area contributed by atoms with E-state index in [9.17, 15) is 19.2 Å². The van der Waals surface area contributed by atoms with Crippen molar-refractivity contribution in [2.75, 3.05) is 6.54 Å². The molecule has 2 amide bonds. The molecular weight excluding hydrogens is 240 g/mol. The summed E-state index contributed by atoms with van der Waals surface area (Å²) >= 11 is 0. The standard InChI is InChI=1S/C10H12N4O4/c15-7-2-1-5(3-11-7)13-8(16)6-4-12-10(18)14-9(6)17/h4-5H,1-3H2,(H,11,15)(H,13,16)(H2,12,14,17,18). The third-order valence-electron chi connectivity index (χ3n) is 2.66. The van der Waals surface area contributed by atoms with Crippen molar-refractivity contribution in [3.05, 3.63) is 32.6 Å². The predicted molar refractivity (Wildman–Crippen MR) is 61.2 cm³/mol. The van der Waals surface area contributed by atoms with Crippen molar-refractivity contribution in [3.63, 3.8) is 0 Å². The van der Waals surface area contributed by atoms with Gasteiger partial charge in [-0.25, -0.2) is 4.79 Å². The Labute approximate surface area is 101 Å². The molecule has 1 aromatic rings. The first-order valence-electron chi connectivity index (χ1n) is 5.46. The molecule has 1 aromatic heterocycles. The number of hydrogen-bond acceptors (Lipinski definition) is 4. The number of piperidine rings is 1. The Hall–Kier alpha value is -2.38. The Morgan fingerprint density at radius 1 is 1.33 bits per heavy atom. The van der Waals surface area contributed by atoms with Gasteiger partial charge in [-0.3, -0.25) is 19.4 Å². The molecule has 1 unspecified atom stereocenters. The maximum absolute atomic E-state index is 11.8. The van der Waals surface area contributed by atoms with Gasteiger partial charge in [-0.1, -0.05) is 0 Å². The summed E-state index contributed by atoms with van der Waals surface area (Å²) in [5.41, 5.74) is -1.57. The zero-order chi connectivity index (χ0) is 13.1. The topological polar surface area (TPSA) is 124 Å². The van der Waals surface area contributed by atoms with Crippen LogP contribution >= 0.6 is 0 Å². The molecule has 1 fully saturated rings. The molecule has 0 aromatic carbocycles. The van der Waals surface area contributed by atoms with Crippen LogP contribution in [0.25, 0.3) is 0 Å². The van der Waals surface area contributed by atoms with Crippen molar-refractivity contribution in [1.82, 2.24) is 20.6 Å². The first-order chi connectivity index (χ1) is 8.56. The molecule has 0 aliphatic carbocycles. The number of H-pyrrole nitrogens is 2. The Morgan fingerprint density at radius 2 is 2.11 bits per heavy atom. The largest absolute Gasteiger partial charge is 0.354 e. The van der Waals surface area contributed by atoms with Crippen molar-refractivity contribution in [1.29, 1.82) is 0 Å². The molecule has 2 heterocycles. The molecule has 0 bridgehead atoms. The highest BCUT2D eigenvalue weighted by molar-refractivity contribution is 5.93. The lowest BCUT2D eigenvalue weighted by Crippen LogP contribution is -2.48. The summed E-state index contributed by atoms with van der Waals surface area (Å²) < 4.78 is 0. The van der Waals surface area contributed by atoms with Gasteiger partial charge in [0.2, 0.25) is 5.91 Å². The minimum absolute atomic E-state index is 0.0533. The van der Waals surface area contributed by atoms with Crippen LogP contribution in [-0.4, -0.2) is 34.4 Å². The number of carbonyl (C=O) groups is 2. The Kier molecular flexibility index (Phi) is 3.26. The van der Waals surface area contributed by atoms with Gasteiger partial charge in [0.25, 0.3) is 11.5 Å². The van der Waals surface area contributed by atoms with Gasteiger partial charge in [-0.15, -0.1) is 0 Å². The molecule has 0 spiro atoms. The van der Waals surface area contributed by atoms with Crippen LogP contribution in [0.2, 0.25) is 0 Å². The van der Waals surface area contributed by atoms with Crippen LogP contribution in [0.4, 0.5) is 0 Å². The van der Waals surface area contributed by atoms with Crippen LogP contribution in [0, 0.1) is 0 Å². The van der Waals surface area contributed by atoms with E-state index in [1.165, 1.54) is 0 Å². The first-order valence-corrected chi connectivity index (χ1v) is 5.46. The lowest BCUT2D eigenvalue weighted by Gasteiger charge is -2.23. The molecule has 96 valence electrons. The molecule has 8 nitrogen and oxygen atoms in total. The molecule has 1 saturated heterocycles. The summed E-state index contributed by atoms with van der Waals surface area (Å²) in [6.07, 6.45) is 1.93. The second kappa shape index (κ2) is 4.86. The Morgan fingerprint density at radius 3 is 2.72 bits per heavy atom. The molecule has 4 N–H and O–H groups in total. The van der Waals surface area contributed by atoms with Crippen LogP contribution in [0.5, 0.6) is 0 Å². The Bertz CT molecular complexity index is 578. The second-order valence-corrected chi connectivity index (χ2v) is 4.00. The second-order valence-electron chi connectivity index (χ2n) is 4.00. The lowest BCUT2D eigenvalue weighted by atomic mass is 10.1. The number of nitrogens with one attached hydrogen (secondary N) is 4.